The third kappa shape index (κ3) is 3.21. The number of ether oxygens (including phenoxy) is 1. The third-order valence-electron chi connectivity index (χ3n) is 3.57. The number of esters is 1. The number of thioether (sulfide) groups is 2. The molecule has 0 saturated carbocycles. The van der Waals surface area contributed by atoms with Gasteiger partial charge in [-0.25, -0.2) is 9.37 Å². The summed E-state index contributed by atoms with van der Waals surface area (Å²) >= 11 is 2.63. The van der Waals surface area contributed by atoms with E-state index in [-0.39, 0.29) is 11.4 Å². The quantitative estimate of drug-likeness (QED) is 0.471. The Labute approximate surface area is 146 Å². The molecular weight excluding hydrogens is 351 g/mol. The van der Waals surface area contributed by atoms with Crippen LogP contribution in [0.15, 0.2) is 39.1 Å². The van der Waals surface area contributed by atoms with Crippen molar-refractivity contribution in [1.29, 1.82) is 0 Å². The minimum Gasteiger partial charge on any atom is -0.468 e. The topological polar surface area (TPSA) is 61.2 Å². The molecule has 2 aromatic rings. The minimum atomic E-state index is -0.513. The second kappa shape index (κ2) is 6.98. The first-order valence-corrected chi connectivity index (χ1v) is 9.17. The molecule has 1 aliphatic rings. The van der Waals surface area contributed by atoms with E-state index in [1.807, 2.05) is 0 Å². The Balaban J connectivity index is 2.12. The molecule has 0 fully saturated rings. The maximum Gasteiger partial charge on any atom is 0.318 e. The smallest absolute Gasteiger partial charge is 0.318 e. The first-order valence-electron chi connectivity index (χ1n) is 7.30. The summed E-state index contributed by atoms with van der Waals surface area (Å²) in [6, 6.07) is 5.63. The fourth-order valence-corrected chi connectivity index (χ4v) is 4.36. The molecule has 2 heterocycles. The van der Waals surface area contributed by atoms with Crippen LogP contribution in [0.3, 0.4) is 0 Å². The summed E-state index contributed by atoms with van der Waals surface area (Å²) in [4.78, 5) is 29.8. The van der Waals surface area contributed by atoms with Gasteiger partial charge in [-0.15, -0.1) is 11.8 Å². The van der Waals surface area contributed by atoms with Crippen LogP contribution in [-0.4, -0.2) is 33.6 Å². The molecule has 0 radical (unpaired) electrons. The van der Waals surface area contributed by atoms with Gasteiger partial charge in [0, 0.05) is 12.2 Å². The second-order valence-electron chi connectivity index (χ2n) is 5.17. The van der Waals surface area contributed by atoms with Gasteiger partial charge in [0.2, 0.25) is 0 Å². The summed E-state index contributed by atoms with van der Waals surface area (Å²) in [6.45, 7) is 1.69. The van der Waals surface area contributed by atoms with Crippen molar-refractivity contribution in [3.05, 3.63) is 46.1 Å². The van der Waals surface area contributed by atoms with E-state index in [1.165, 1.54) is 47.7 Å². The average Bonchev–Trinajstić information content (AvgIpc) is 3.04. The largest absolute Gasteiger partial charge is 0.468 e. The maximum absolute atomic E-state index is 13.2. The highest BCUT2D eigenvalue weighted by Crippen LogP contribution is 2.31. The first kappa shape index (κ1) is 17.0. The monoisotopic (exact) mass is 366 g/mol. The Morgan fingerprint density at radius 2 is 2.12 bits per heavy atom. The van der Waals surface area contributed by atoms with Crippen molar-refractivity contribution in [3.63, 3.8) is 0 Å². The van der Waals surface area contributed by atoms with E-state index in [0.717, 1.165) is 29.6 Å². The zero-order chi connectivity index (χ0) is 17.3. The lowest BCUT2D eigenvalue weighted by molar-refractivity contribution is -0.139. The van der Waals surface area contributed by atoms with Crippen molar-refractivity contribution in [3.8, 4) is 5.69 Å². The van der Waals surface area contributed by atoms with Crippen molar-refractivity contribution in [1.82, 2.24) is 9.55 Å². The highest BCUT2D eigenvalue weighted by molar-refractivity contribution is 8.00. The molecule has 0 N–H and O–H groups in total. The van der Waals surface area contributed by atoms with Crippen molar-refractivity contribution < 1.29 is 13.9 Å². The van der Waals surface area contributed by atoms with Gasteiger partial charge in [0.1, 0.15) is 11.1 Å². The van der Waals surface area contributed by atoms with Gasteiger partial charge >= 0.3 is 5.97 Å². The maximum atomic E-state index is 13.2. The Morgan fingerprint density at radius 3 is 2.79 bits per heavy atom. The Morgan fingerprint density at radius 1 is 1.42 bits per heavy atom. The van der Waals surface area contributed by atoms with Gasteiger partial charge in [0.25, 0.3) is 5.56 Å². The van der Waals surface area contributed by atoms with Crippen molar-refractivity contribution >= 4 is 29.5 Å². The van der Waals surface area contributed by atoms with Gasteiger partial charge in [-0.1, -0.05) is 11.8 Å². The number of hydrogen-bond donors (Lipinski definition) is 0. The predicted molar refractivity (Wildman–Crippen MR) is 91.6 cm³/mol. The molecule has 0 spiro atoms. The number of hydrogen-bond acceptors (Lipinski definition) is 6. The SMILES string of the molecule is COC(=O)C(C)Sc1nc2c(c(=O)n1-c1ccc(F)cc1)SCC2. The molecule has 24 heavy (non-hydrogen) atoms. The van der Waals surface area contributed by atoms with Gasteiger partial charge in [-0.05, 0) is 31.2 Å². The van der Waals surface area contributed by atoms with Crippen LogP contribution in [0.4, 0.5) is 4.39 Å². The molecule has 126 valence electrons. The van der Waals surface area contributed by atoms with Crippen molar-refractivity contribution in [2.75, 3.05) is 12.9 Å². The van der Waals surface area contributed by atoms with E-state index in [9.17, 15) is 14.0 Å². The number of halogens is 1. The molecule has 0 aliphatic carbocycles. The number of methoxy groups -OCH3 is 1. The van der Waals surface area contributed by atoms with E-state index in [4.69, 9.17) is 4.74 Å². The molecule has 0 bridgehead atoms. The summed E-state index contributed by atoms with van der Waals surface area (Å²) in [5.41, 5.74) is 1.08. The van der Waals surface area contributed by atoms with Crippen LogP contribution in [0.2, 0.25) is 0 Å². The number of fused-ring (bicyclic) bond motifs is 1. The second-order valence-corrected chi connectivity index (χ2v) is 7.58. The highest BCUT2D eigenvalue weighted by Gasteiger charge is 2.25. The van der Waals surface area contributed by atoms with Crippen LogP contribution in [0.25, 0.3) is 5.69 Å². The molecule has 1 aromatic carbocycles. The fraction of sp³-hybridized carbons (Fsp3) is 0.312. The summed E-state index contributed by atoms with van der Waals surface area (Å²) in [5.74, 6) is 0.0315. The number of aromatic nitrogens is 2. The molecule has 5 nitrogen and oxygen atoms in total. The van der Waals surface area contributed by atoms with Gasteiger partial charge in [-0.3, -0.25) is 14.2 Å². The molecule has 3 rings (SSSR count). The molecule has 0 saturated heterocycles. The highest BCUT2D eigenvalue weighted by atomic mass is 32.2. The van der Waals surface area contributed by atoms with Gasteiger partial charge in [-0.2, -0.15) is 0 Å². The zero-order valence-electron chi connectivity index (χ0n) is 13.1. The molecular formula is C16H15FN2O3S2. The number of carbonyl (C=O) groups is 1. The number of carbonyl (C=O) groups excluding carboxylic acids is 1. The van der Waals surface area contributed by atoms with Crippen LogP contribution in [0, 0.1) is 5.82 Å². The fourth-order valence-electron chi connectivity index (χ4n) is 2.36. The number of nitrogens with zero attached hydrogens (tertiary/aromatic N) is 2. The molecule has 1 unspecified atom stereocenters. The van der Waals surface area contributed by atoms with E-state index >= 15 is 0 Å². The minimum absolute atomic E-state index is 0.186. The Bertz CT molecular complexity index is 836. The molecule has 1 aromatic heterocycles. The summed E-state index contributed by atoms with van der Waals surface area (Å²) < 4.78 is 19.4. The Hall–Kier alpha value is -1.80. The zero-order valence-corrected chi connectivity index (χ0v) is 14.7. The Kier molecular flexibility index (Phi) is 4.96. The number of benzene rings is 1. The standard InChI is InChI=1S/C16H15FN2O3S2/c1-9(15(21)22-2)24-16-18-12-7-8-23-13(12)14(20)19(16)11-5-3-10(17)4-6-11/h3-6,9H,7-8H2,1-2H3. The number of aryl methyl sites for hydroxylation is 1. The van der Waals surface area contributed by atoms with Crippen LogP contribution >= 0.6 is 23.5 Å². The van der Waals surface area contributed by atoms with Gasteiger partial charge in [0.15, 0.2) is 5.16 Å². The van der Waals surface area contributed by atoms with Crippen LogP contribution < -0.4 is 5.56 Å². The van der Waals surface area contributed by atoms with Crippen LogP contribution in [0.1, 0.15) is 12.6 Å². The van der Waals surface area contributed by atoms with Crippen molar-refractivity contribution in [2.24, 2.45) is 0 Å². The van der Waals surface area contributed by atoms with Gasteiger partial charge in [0.05, 0.1) is 23.4 Å². The summed E-state index contributed by atoms with van der Waals surface area (Å²) in [5, 5.41) is -0.105. The molecule has 1 aliphatic heterocycles. The van der Waals surface area contributed by atoms with E-state index in [1.54, 1.807) is 6.92 Å². The molecule has 1 atom stereocenters. The van der Waals surface area contributed by atoms with Crippen molar-refractivity contribution in [2.45, 2.75) is 28.6 Å². The summed E-state index contributed by atoms with van der Waals surface area (Å²) in [6.07, 6.45) is 0.722. The lowest BCUT2D eigenvalue weighted by atomic mass is 10.3. The van der Waals surface area contributed by atoms with E-state index < -0.39 is 11.2 Å². The normalized spacial score (nSPS) is 14.3. The average molecular weight is 366 g/mol. The molecule has 0 amide bonds. The lowest BCUT2D eigenvalue weighted by Gasteiger charge is -2.15. The summed E-state index contributed by atoms with van der Waals surface area (Å²) in [7, 11) is 1.32. The van der Waals surface area contributed by atoms with E-state index in [0.29, 0.717) is 15.7 Å². The van der Waals surface area contributed by atoms with Crippen LogP contribution in [0.5, 0.6) is 0 Å². The molecule has 8 heteroatoms. The van der Waals surface area contributed by atoms with Crippen LogP contribution in [-0.2, 0) is 16.0 Å². The lowest BCUT2D eigenvalue weighted by Crippen LogP contribution is -2.25. The number of rotatable bonds is 4. The van der Waals surface area contributed by atoms with Gasteiger partial charge < -0.3 is 4.74 Å². The third-order valence-corrected chi connectivity index (χ3v) is 5.70. The first-order chi connectivity index (χ1) is 11.5. The predicted octanol–water partition coefficient (Wildman–Crippen LogP) is 2.67. The van der Waals surface area contributed by atoms with E-state index in [2.05, 4.69) is 4.98 Å².